The molecule has 3 N–H and O–H groups in total. The Hall–Kier alpha value is -3.25. The van der Waals surface area contributed by atoms with Gasteiger partial charge in [0.2, 0.25) is 0 Å². The van der Waals surface area contributed by atoms with Gasteiger partial charge in [-0.3, -0.25) is 18.9 Å². The van der Waals surface area contributed by atoms with Gasteiger partial charge in [-0.25, -0.2) is 9.97 Å². The third-order valence-corrected chi connectivity index (χ3v) is 8.04. The van der Waals surface area contributed by atoms with E-state index in [1.54, 1.807) is 17.9 Å². The molecule has 42 heavy (non-hydrogen) atoms. The van der Waals surface area contributed by atoms with Gasteiger partial charge >= 0.3 is 0 Å². The fourth-order valence-electron chi connectivity index (χ4n) is 5.36. The lowest BCUT2D eigenvalue weighted by molar-refractivity contribution is -0.0364. The van der Waals surface area contributed by atoms with E-state index in [9.17, 15) is 9.90 Å². The van der Waals surface area contributed by atoms with Gasteiger partial charge in [-0.1, -0.05) is 48.0 Å². The molecule has 13 heteroatoms. The zero-order valence-corrected chi connectivity index (χ0v) is 25.3. The lowest BCUT2D eigenvalue weighted by Gasteiger charge is -2.38. The molecule has 0 unspecified atom stereocenters. The van der Waals surface area contributed by atoms with Gasteiger partial charge in [-0.05, 0) is 30.0 Å². The highest BCUT2D eigenvalue weighted by molar-refractivity contribution is 6.31. The molecule has 2 aromatic carbocycles. The summed E-state index contributed by atoms with van der Waals surface area (Å²) in [6.45, 7) is 2.64. The van der Waals surface area contributed by atoms with E-state index in [1.807, 2.05) is 42.5 Å². The first-order valence-electron chi connectivity index (χ1n) is 13.2. The van der Waals surface area contributed by atoms with Crippen molar-refractivity contribution < 1.29 is 9.52 Å². The molecule has 222 valence electrons. The topological polar surface area (TPSA) is 128 Å². The highest BCUT2D eigenvalue weighted by Gasteiger charge is 2.33. The normalized spacial score (nSPS) is 14.9. The van der Waals surface area contributed by atoms with Gasteiger partial charge in [0.1, 0.15) is 5.52 Å². The molecule has 0 radical (unpaired) electrons. The van der Waals surface area contributed by atoms with Gasteiger partial charge < -0.3 is 15.3 Å². The molecule has 0 spiro atoms. The SMILES string of the molecule is Cl.Cl.Cn1nc2c(=O)n(CC3(O)CCN(Cc4ccc(-c5cnco5)cc4Cl)CC3)cnc2c1-c1ccc(CN)cc1. The minimum absolute atomic E-state index is 0. The van der Waals surface area contributed by atoms with Crippen LogP contribution in [-0.2, 0) is 26.7 Å². The molecule has 1 saturated heterocycles. The number of aliphatic hydroxyl groups is 1. The summed E-state index contributed by atoms with van der Waals surface area (Å²) < 4.78 is 8.51. The molecule has 0 aliphatic carbocycles. The summed E-state index contributed by atoms with van der Waals surface area (Å²) in [5.41, 5.74) is 9.84. The summed E-state index contributed by atoms with van der Waals surface area (Å²) in [6, 6.07) is 13.7. The Morgan fingerprint density at radius 2 is 1.79 bits per heavy atom. The van der Waals surface area contributed by atoms with Crippen LogP contribution in [0.25, 0.3) is 33.6 Å². The third kappa shape index (κ3) is 6.24. The molecular weight excluding hydrogens is 601 g/mol. The van der Waals surface area contributed by atoms with Crippen LogP contribution in [0.4, 0.5) is 0 Å². The monoisotopic (exact) mass is 631 g/mol. The summed E-state index contributed by atoms with van der Waals surface area (Å²) in [5.74, 6) is 0.669. The van der Waals surface area contributed by atoms with Crippen LogP contribution in [0, 0.1) is 0 Å². The zero-order valence-electron chi connectivity index (χ0n) is 22.9. The van der Waals surface area contributed by atoms with Gasteiger partial charge in [-0.2, -0.15) is 5.10 Å². The first-order valence-corrected chi connectivity index (χ1v) is 13.5. The fraction of sp³-hybridized carbons (Fsp3) is 0.310. The number of nitrogens with zero attached hydrogens (tertiary/aromatic N) is 6. The van der Waals surface area contributed by atoms with Crippen molar-refractivity contribution in [1.82, 2.24) is 29.2 Å². The summed E-state index contributed by atoms with van der Waals surface area (Å²) in [7, 11) is 1.80. The van der Waals surface area contributed by atoms with Crippen molar-refractivity contribution in [2.75, 3.05) is 13.1 Å². The molecule has 0 bridgehead atoms. The average molecular weight is 633 g/mol. The molecular formula is C29H32Cl3N7O3. The number of aromatic nitrogens is 5. The molecule has 1 aliphatic heterocycles. The summed E-state index contributed by atoms with van der Waals surface area (Å²) in [6.07, 6.45) is 5.61. The Labute approximate surface area is 259 Å². The standard InChI is InChI=1S/C29H30ClN7O3.2ClH/c1-35-27(20-4-2-19(13-31)3-5-20)25-26(34-35)28(38)37(17-33-25)16-29(39)8-10-36(11-9-29)15-22-7-6-21(12-23(22)30)24-14-32-18-40-24;;/h2-7,12,14,17-18,39H,8-11,13,15-16,31H2,1H3;2*1H. The minimum atomic E-state index is -1.02. The second-order valence-electron chi connectivity index (χ2n) is 10.4. The average Bonchev–Trinajstić information content (AvgIpc) is 3.61. The first-order chi connectivity index (χ1) is 19.3. The number of hydrogen-bond donors (Lipinski definition) is 2. The number of halogens is 3. The van der Waals surface area contributed by atoms with Crippen molar-refractivity contribution in [2.24, 2.45) is 12.8 Å². The quantitative estimate of drug-likeness (QED) is 0.270. The molecule has 1 aliphatic rings. The van der Waals surface area contributed by atoms with Gasteiger partial charge in [0, 0.05) is 49.4 Å². The van der Waals surface area contributed by atoms with E-state index in [0.29, 0.717) is 55.3 Å². The number of rotatable bonds is 7. The fourth-order valence-corrected chi connectivity index (χ4v) is 5.60. The molecule has 0 saturated carbocycles. The highest BCUT2D eigenvalue weighted by Crippen LogP contribution is 2.30. The lowest BCUT2D eigenvalue weighted by atomic mass is 9.91. The largest absolute Gasteiger partial charge is 0.444 e. The van der Waals surface area contributed by atoms with E-state index in [0.717, 1.165) is 27.9 Å². The van der Waals surface area contributed by atoms with Crippen molar-refractivity contribution in [3.63, 3.8) is 0 Å². The van der Waals surface area contributed by atoms with Gasteiger partial charge in [-0.15, -0.1) is 24.8 Å². The van der Waals surface area contributed by atoms with Gasteiger partial charge in [0.25, 0.3) is 5.56 Å². The summed E-state index contributed by atoms with van der Waals surface area (Å²) in [4.78, 5) is 24.2. The van der Waals surface area contributed by atoms with Crippen molar-refractivity contribution in [1.29, 1.82) is 0 Å². The highest BCUT2D eigenvalue weighted by atomic mass is 35.5. The van der Waals surface area contributed by atoms with E-state index in [4.69, 9.17) is 21.8 Å². The van der Waals surface area contributed by atoms with Crippen LogP contribution >= 0.6 is 36.4 Å². The number of oxazole rings is 1. The molecule has 0 amide bonds. The van der Waals surface area contributed by atoms with E-state index in [1.165, 1.54) is 17.3 Å². The molecule has 0 atom stereocenters. The Kier molecular flexibility index (Phi) is 9.77. The summed E-state index contributed by atoms with van der Waals surface area (Å²) >= 11 is 6.56. The van der Waals surface area contributed by atoms with Crippen molar-refractivity contribution >= 4 is 47.4 Å². The second-order valence-corrected chi connectivity index (χ2v) is 10.8. The minimum Gasteiger partial charge on any atom is -0.444 e. The van der Waals surface area contributed by atoms with Crippen molar-refractivity contribution in [3.8, 4) is 22.6 Å². The Morgan fingerprint density at radius 1 is 1.07 bits per heavy atom. The second kappa shape index (κ2) is 12.9. The van der Waals surface area contributed by atoms with E-state index >= 15 is 0 Å². The van der Waals surface area contributed by atoms with Crippen molar-refractivity contribution in [2.45, 2.75) is 38.1 Å². The van der Waals surface area contributed by atoms with E-state index in [2.05, 4.69) is 20.0 Å². The van der Waals surface area contributed by atoms with Crippen LogP contribution < -0.4 is 11.3 Å². The Bertz CT molecular complexity index is 1710. The number of piperidine rings is 1. The van der Waals surface area contributed by atoms with E-state index < -0.39 is 5.60 Å². The van der Waals surface area contributed by atoms with Crippen LogP contribution in [-0.4, -0.2) is 53.0 Å². The number of aryl methyl sites for hydroxylation is 1. The van der Waals surface area contributed by atoms with Crippen LogP contribution in [0.5, 0.6) is 0 Å². The lowest BCUT2D eigenvalue weighted by Crippen LogP contribution is -2.47. The predicted octanol–water partition coefficient (Wildman–Crippen LogP) is 4.43. The zero-order chi connectivity index (χ0) is 27.9. The number of nitrogens with two attached hydrogens (primary N) is 1. The van der Waals surface area contributed by atoms with Crippen LogP contribution in [0.1, 0.15) is 24.0 Å². The summed E-state index contributed by atoms with van der Waals surface area (Å²) in [5, 5.41) is 16.5. The Balaban J connectivity index is 0.00000202. The van der Waals surface area contributed by atoms with Crippen LogP contribution in [0.2, 0.25) is 5.02 Å². The maximum absolute atomic E-state index is 13.4. The smallest absolute Gasteiger partial charge is 0.281 e. The molecule has 3 aromatic heterocycles. The first kappa shape index (κ1) is 31.7. The number of likely N-dealkylation sites (tertiary alicyclic amines) is 1. The molecule has 5 aromatic rings. The Morgan fingerprint density at radius 3 is 2.43 bits per heavy atom. The predicted molar refractivity (Wildman–Crippen MR) is 167 cm³/mol. The van der Waals surface area contributed by atoms with Crippen LogP contribution in [0.15, 0.2) is 70.6 Å². The van der Waals surface area contributed by atoms with Crippen molar-refractivity contribution in [3.05, 3.63) is 87.9 Å². The van der Waals surface area contributed by atoms with Gasteiger partial charge in [0.15, 0.2) is 17.7 Å². The van der Waals surface area contributed by atoms with Gasteiger partial charge in [0.05, 0.1) is 30.4 Å². The van der Waals surface area contributed by atoms with Crippen LogP contribution in [0.3, 0.4) is 0 Å². The third-order valence-electron chi connectivity index (χ3n) is 7.69. The maximum Gasteiger partial charge on any atom is 0.281 e. The number of fused-ring (bicyclic) bond motifs is 1. The maximum atomic E-state index is 13.4. The number of hydrogen-bond acceptors (Lipinski definition) is 8. The molecule has 4 heterocycles. The molecule has 1 fully saturated rings. The molecule has 6 rings (SSSR count). The molecule has 10 nitrogen and oxygen atoms in total. The van der Waals surface area contributed by atoms with E-state index in [-0.39, 0.29) is 42.4 Å². The number of benzene rings is 2.